The maximum Gasteiger partial charge on any atom is 0.243 e. The Morgan fingerprint density at radius 3 is 2.17 bits per heavy atom. The van der Waals surface area contributed by atoms with Crippen LogP contribution < -0.4 is 14.8 Å². The number of halogens is 1. The second kappa shape index (κ2) is 12.2. The summed E-state index contributed by atoms with van der Waals surface area (Å²) in [5.41, 5.74) is 2.83. The molecule has 0 radical (unpaired) electrons. The first kappa shape index (κ1) is 26.7. The van der Waals surface area contributed by atoms with Crippen LogP contribution in [0.25, 0.3) is 0 Å². The number of carbonyl (C=O) groups excluding carboxylic acids is 1. The van der Waals surface area contributed by atoms with Gasteiger partial charge >= 0.3 is 0 Å². The molecule has 35 heavy (non-hydrogen) atoms. The molecule has 186 valence electrons. The van der Waals surface area contributed by atoms with Gasteiger partial charge in [-0.15, -0.1) is 0 Å². The Kier molecular flexibility index (Phi) is 9.31. The third-order valence-corrected chi connectivity index (χ3v) is 7.77. The molecule has 0 aromatic heterocycles. The molecule has 0 spiro atoms. The van der Waals surface area contributed by atoms with Gasteiger partial charge in [-0.1, -0.05) is 51.8 Å². The molecule has 0 bridgehead atoms. The minimum atomic E-state index is -3.89. The first-order chi connectivity index (χ1) is 16.7. The fourth-order valence-corrected chi connectivity index (χ4v) is 5.13. The third kappa shape index (κ3) is 7.30. The zero-order valence-electron chi connectivity index (χ0n) is 20.0. The lowest BCUT2D eigenvalue weighted by Crippen LogP contribution is -2.40. The normalized spacial score (nSPS) is 11.3. The summed E-state index contributed by atoms with van der Waals surface area (Å²) in [5.74, 6) is 0.865. The van der Waals surface area contributed by atoms with Crippen molar-refractivity contribution in [3.63, 3.8) is 0 Å². The molecule has 7 nitrogen and oxygen atoms in total. The molecule has 0 atom stereocenters. The Morgan fingerprint density at radius 2 is 1.54 bits per heavy atom. The van der Waals surface area contributed by atoms with Gasteiger partial charge in [0.1, 0.15) is 0 Å². The van der Waals surface area contributed by atoms with Crippen molar-refractivity contribution in [2.24, 2.45) is 0 Å². The highest BCUT2D eigenvalue weighted by Crippen LogP contribution is 2.27. The van der Waals surface area contributed by atoms with Crippen LogP contribution in [0.15, 0.2) is 76.1 Å². The van der Waals surface area contributed by atoms with Gasteiger partial charge in [0.05, 0.1) is 25.7 Å². The molecule has 9 heteroatoms. The van der Waals surface area contributed by atoms with Crippen LogP contribution in [-0.4, -0.2) is 45.9 Å². The van der Waals surface area contributed by atoms with Gasteiger partial charge in [-0.3, -0.25) is 4.79 Å². The molecule has 0 saturated heterocycles. The number of methoxy groups -OCH3 is 2. The van der Waals surface area contributed by atoms with Crippen molar-refractivity contribution < 1.29 is 22.7 Å². The summed E-state index contributed by atoms with van der Waals surface area (Å²) >= 11 is 3.33. The standard InChI is InChI=1S/C26H29BrN2O5S/c1-19-4-6-21(7-5-19)17-29(35(31,32)23-11-9-22(27)10-12-23)18-26(30)28-15-14-20-8-13-24(33-2)25(16-20)34-3/h4-13,16H,14-15,17-18H2,1-3H3,(H,28,30). The number of hydrogen-bond donors (Lipinski definition) is 1. The van der Waals surface area contributed by atoms with E-state index in [1.54, 1.807) is 26.4 Å². The molecule has 0 fully saturated rings. The highest BCUT2D eigenvalue weighted by atomic mass is 79.9. The highest BCUT2D eigenvalue weighted by molar-refractivity contribution is 9.10. The summed E-state index contributed by atoms with van der Waals surface area (Å²) < 4.78 is 39.3. The van der Waals surface area contributed by atoms with Crippen LogP contribution in [-0.2, 0) is 27.8 Å². The minimum Gasteiger partial charge on any atom is -0.493 e. The molecular weight excluding hydrogens is 532 g/mol. The van der Waals surface area contributed by atoms with Gasteiger partial charge in [0, 0.05) is 17.6 Å². The van der Waals surface area contributed by atoms with Crippen molar-refractivity contribution in [3.05, 3.63) is 87.9 Å². The van der Waals surface area contributed by atoms with E-state index in [9.17, 15) is 13.2 Å². The van der Waals surface area contributed by atoms with Crippen molar-refractivity contribution in [1.29, 1.82) is 0 Å². The first-order valence-electron chi connectivity index (χ1n) is 11.0. The van der Waals surface area contributed by atoms with Crippen LogP contribution in [0.1, 0.15) is 16.7 Å². The van der Waals surface area contributed by atoms with Crippen molar-refractivity contribution in [1.82, 2.24) is 9.62 Å². The number of amides is 1. The van der Waals surface area contributed by atoms with Gasteiger partial charge in [-0.25, -0.2) is 8.42 Å². The van der Waals surface area contributed by atoms with Gasteiger partial charge in [-0.05, 0) is 60.9 Å². The number of nitrogens with one attached hydrogen (secondary N) is 1. The van der Waals surface area contributed by atoms with E-state index < -0.39 is 10.0 Å². The molecule has 3 rings (SSSR count). The molecule has 0 aliphatic rings. The number of benzene rings is 3. The number of ether oxygens (including phenoxy) is 2. The molecule has 1 N–H and O–H groups in total. The summed E-state index contributed by atoms with van der Waals surface area (Å²) in [4.78, 5) is 12.9. The Hall–Kier alpha value is -2.88. The SMILES string of the molecule is COc1ccc(CCNC(=O)CN(Cc2ccc(C)cc2)S(=O)(=O)c2ccc(Br)cc2)cc1OC. The second-order valence-corrected chi connectivity index (χ2v) is 10.9. The summed E-state index contributed by atoms with van der Waals surface area (Å²) in [5, 5.41) is 2.83. The predicted octanol–water partition coefficient (Wildman–Crippen LogP) is 4.32. The molecule has 0 unspecified atom stereocenters. The van der Waals surface area contributed by atoms with Crippen molar-refractivity contribution in [2.45, 2.75) is 24.8 Å². The van der Waals surface area contributed by atoms with Gasteiger partial charge in [0.25, 0.3) is 0 Å². The molecular formula is C26H29BrN2O5S. The van der Waals surface area contributed by atoms with E-state index in [4.69, 9.17) is 9.47 Å². The Bertz CT molecular complexity index is 1250. The van der Waals surface area contributed by atoms with Gasteiger partial charge in [-0.2, -0.15) is 4.31 Å². The minimum absolute atomic E-state index is 0.0851. The number of nitrogens with zero attached hydrogens (tertiary/aromatic N) is 1. The fourth-order valence-electron chi connectivity index (χ4n) is 3.48. The average molecular weight is 561 g/mol. The lowest BCUT2D eigenvalue weighted by Gasteiger charge is -2.22. The van der Waals surface area contributed by atoms with Gasteiger partial charge in [0.2, 0.25) is 15.9 Å². The van der Waals surface area contributed by atoms with Crippen LogP contribution in [0.4, 0.5) is 0 Å². The van der Waals surface area contributed by atoms with Gasteiger partial charge < -0.3 is 14.8 Å². The summed E-state index contributed by atoms with van der Waals surface area (Å²) in [6, 6.07) is 19.5. The molecule has 0 heterocycles. The highest BCUT2D eigenvalue weighted by Gasteiger charge is 2.27. The lowest BCUT2D eigenvalue weighted by molar-refractivity contribution is -0.121. The van der Waals surface area contributed by atoms with Crippen molar-refractivity contribution in [3.8, 4) is 11.5 Å². The Labute approximate surface area is 215 Å². The quantitative estimate of drug-likeness (QED) is 0.377. The molecule has 0 saturated carbocycles. The van der Waals surface area contributed by atoms with E-state index in [0.29, 0.717) is 24.5 Å². The van der Waals surface area contributed by atoms with E-state index in [0.717, 1.165) is 21.2 Å². The van der Waals surface area contributed by atoms with E-state index in [1.165, 1.54) is 16.4 Å². The molecule has 0 aliphatic heterocycles. The molecule has 0 aliphatic carbocycles. The van der Waals surface area contributed by atoms with Crippen LogP contribution in [0.5, 0.6) is 11.5 Å². The molecule has 1 amide bonds. The molecule has 3 aromatic rings. The van der Waals surface area contributed by atoms with Crippen molar-refractivity contribution in [2.75, 3.05) is 27.3 Å². The zero-order chi connectivity index (χ0) is 25.4. The summed E-state index contributed by atoms with van der Waals surface area (Å²) in [7, 11) is -0.755. The topological polar surface area (TPSA) is 84.9 Å². The van der Waals surface area contributed by atoms with Crippen LogP contribution >= 0.6 is 15.9 Å². The third-order valence-electron chi connectivity index (χ3n) is 5.43. The second-order valence-electron chi connectivity index (χ2n) is 8.00. The lowest BCUT2D eigenvalue weighted by atomic mass is 10.1. The first-order valence-corrected chi connectivity index (χ1v) is 13.2. The van der Waals surface area contributed by atoms with E-state index in [2.05, 4.69) is 21.2 Å². The number of hydrogen-bond acceptors (Lipinski definition) is 5. The number of rotatable bonds is 11. The van der Waals surface area contributed by atoms with E-state index >= 15 is 0 Å². The Balaban J connectivity index is 1.71. The average Bonchev–Trinajstić information content (AvgIpc) is 2.85. The monoisotopic (exact) mass is 560 g/mol. The Morgan fingerprint density at radius 1 is 0.914 bits per heavy atom. The summed E-state index contributed by atoms with van der Waals surface area (Å²) in [6.07, 6.45) is 0.559. The maximum absolute atomic E-state index is 13.4. The van der Waals surface area contributed by atoms with E-state index in [1.807, 2.05) is 49.4 Å². The number of sulfonamides is 1. The van der Waals surface area contributed by atoms with Crippen LogP contribution in [0.3, 0.4) is 0 Å². The van der Waals surface area contributed by atoms with Crippen molar-refractivity contribution >= 4 is 31.9 Å². The van der Waals surface area contributed by atoms with E-state index in [-0.39, 0.29) is 23.9 Å². The smallest absolute Gasteiger partial charge is 0.243 e. The maximum atomic E-state index is 13.4. The number of aryl methyl sites for hydroxylation is 1. The fraction of sp³-hybridized carbons (Fsp3) is 0.269. The van der Waals surface area contributed by atoms with Crippen LogP contribution in [0.2, 0.25) is 0 Å². The molecule has 3 aromatic carbocycles. The largest absolute Gasteiger partial charge is 0.493 e. The number of carbonyl (C=O) groups is 1. The predicted molar refractivity (Wildman–Crippen MR) is 139 cm³/mol. The summed E-state index contributed by atoms with van der Waals surface area (Å²) in [6.45, 7) is 2.11. The van der Waals surface area contributed by atoms with Gasteiger partial charge in [0.15, 0.2) is 11.5 Å². The van der Waals surface area contributed by atoms with Crippen LogP contribution in [0, 0.1) is 6.92 Å². The zero-order valence-corrected chi connectivity index (χ0v) is 22.4.